The van der Waals surface area contributed by atoms with E-state index >= 15 is 0 Å². The Morgan fingerprint density at radius 2 is 1.94 bits per heavy atom. The highest BCUT2D eigenvalue weighted by atomic mass is 35.5. The number of nitrogens with zero attached hydrogens (tertiary/aromatic N) is 2. The molecule has 16 heavy (non-hydrogen) atoms. The first-order chi connectivity index (χ1) is 7.68. The molecule has 1 unspecified atom stereocenters. The number of aromatic nitrogens is 2. The Morgan fingerprint density at radius 1 is 1.12 bits per heavy atom. The summed E-state index contributed by atoms with van der Waals surface area (Å²) in [6, 6.07) is 4.95. The topological polar surface area (TPSA) is 46.0 Å². The molecule has 1 atom stereocenters. The minimum atomic E-state index is -0.844. The van der Waals surface area contributed by atoms with E-state index in [1.54, 1.807) is 24.4 Å². The van der Waals surface area contributed by atoms with E-state index in [1.807, 2.05) is 0 Å². The molecule has 0 saturated carbocycles. The molecule has 0 aliphatic heterocycles. The van der Waals surface area contributed by atoms with Gasteiger partial charge in [0.05, 0.1) is 21.9 Å². The predicted octanol–water partition coefficient (Wildman–Crippen LogP) is 2.87. The molecule has 0 spiro atoms. The van der Waals surface area contributed by atoms with Crippen molar-refractivity contribution < 1.29 is 5.11 Å². The zero-order chi connectivity index (χ0) is 11.5. The van der Waals surface area contributed by atoms with Crippen LogP contribution >= 0.6 is 23.2 Å². The van der Waals surface area contributed by atoms with Crippen LogP contribution in [0.2, 0.25) is 10.0 Å². The van der Waals surface area contributed by atoms with Crippen molar-refractivity contribution in [1.82, 2.24) is 9.97 Å². The van der Waals surface area contributed by atoms with Gasteiger partial charge >= 0.3 is 0 Å². The predicted molar refractivity (Wildman–Crippen MR) is 62.6 cm³/mol. The fourth-order valence-electron chi connectivity index (χ4n) is 1.31. The molecule has 1 heterocycles. The standard InChI is InChI=1S/C11H8Cl2N2O/c12-8-2-1-7(5-9(8)13)11(16)10-6-14-3-4-15-10/h1-6,11,16H. The zero-order valence-electron chi connectivity index (χ0n) is 8.14. The summed E-state index contributed by atoms with van der Waals surface area (Å²) in [5, 5.41) is 10.9. The highest BCUT2D eigenvalue weighted by Crippen LogP contribution is 2.27. The van der Waals surface area contributed by atoms with E-state index in [0.29, 0.717) is 21.3 Å². The van der Waals surface area contributed by atoms with Crippen molar-refractivity contribution in [3.63, 3.8) is 0 Å². The molecule has 0 amide bonds. The molecule has 2 aromatic rings. The molecule has 0 fully saturated rings. The molecule has 3 nitrogen and oxygen atoms in total. The first kappa shape index (κ1) is 11.3. The Hall–Kier alpha value is -1.16. The summed E-state index contributed by atoms with van der Waals surface area (Å²) in [6.07, 6.45) is 3.73. The lowest BCUT2D eigenvalue weighted by atomic mass is 10.1. The summed E-state index contributed by atoms with van der Waals surface area (Å²) in [4.78, 5) is 7.91. The summed E-state index contributed by atoms with van der Waals surface area (Å²) in [7, 11) is 0. The van der Waals surface area contributed by atoms with Crippen LogP contribution in [0.15, 0.2) is 36.8 Å². The average molecular weight is 255 g/mol. The number of rotatable bonds is 2. The number of hydrogen-bond acceptors (Lipinski definition) is 3. The van der Waals surface area contributed by atoms with Crippen LogP contribution in [0.1, 0.15) is 17.4 Å². The van der Waals surface area contributed by atoms with Crippen molar-refractivity contribution in [1.29, 1.82) is 0 Å². The van der Waals surface area contributed by atoms with Gasteiger partial charge in [0.15, 0.2) is 0 Å². The minimum Gasteiger partial charge on any atom is -0.382 e. The van der Waals surface area contributed by atoms with Crippen molar-refractivity contribution in [2.75, 3.05) is 0 Å². The second-order valence-electron chi connectivity index (χ2n) is 3.21. The van der Waals surface area contributed by atoms with Gasteiger partial charge in [0.25, 0.3) is 0 Å². The average Bonchev–Trinajstić information content (AvgIpc) is 2.33. The number of benzene rings is 1. The number of aliphatic hydroxyl groups excluding tert-OH is 1. The Kier molecular flexibility index (Phi) is 3.39. The second kappa shape index (κ2) is 4.78. The summed E-state index contributed by atoms with van der Waals surface area (Å²) >= 11 is 11.7. The molecular formula is C11H8Cl2N2O. The van der Waals surface area contributed by atoms with E-state index in [1.165, 1.54) is 12.4 Å². The molecular weight excluding hydrogens is 247 g/mol. The van der Waals surface area contributed by atoms with Crippen LogP contribution in [0.25, 0.3) is 0 Å². The van der Waals surface area contributed by atoms with Crippen LogP contribution in [0.4, 0.5) is 0 Å². The second-order valence-corrected chi connectivity index (χ2v) is 4.02. The molecule has 82 valence electrons. The first-order valence-electron chi connectivity index (χ1n) is 4.57. The summed E-state index contributed by atoms with van der Waals surface area (Å²) in [5.74, 6) is 0. The molecule has 0 bridgehead atoms. The third-order valence-electron chi connectivity index (χ3n) is 2.12. The maximum Gasteiger partial charge on any atom is 0.123 e. The van der Waals surface area contributed by atoms with Gasteiger partial charge in [0, 0.05) is 12.4 Å². The molecule has 2 rings (SSSR count). The van der Waals surface area contributed by atoms with Gasteiger partial charge < -0.3 is 5.11 Å². The van der Waals surface area contributed by atoms with Crippen LogP contribution in [-0.2, 0) is 0 Å². The minimum absolute atomic E-state index is 0.405. The lowest BCUT2D eigenvalue weighted by Gasteiger charge is -2.10. The van der Waals surface area contributed by atoms with Crippen molar-refractivity contribution in [2.45, 2.75) is 6.10 Å². The third kappa shape index (κ3) is 2.32. The Balaban J connectivity index is 2.34. The highest BCUT2D eigenvalue weighted by Gasteiger charge is 2.12. The smallest absolute Gasteiger partial charge is 0.123 e. The Labute approximate surface area is 103 Å². The maximum atomic E-state index is 10.0. The molecule has 0 aliphatic carbocycles. The molecule has 1 N–H and O–H groups in total. The van der Waals surface area contributed by atoms with Gasteiger partial charge in [-0.1, -0.05) is 29.3 Å². The molecule has 0 saturated heterocycles. The molecule has 0 radical (unpaired) electrons. The van der Waals surface area contributed by atoms with E-state index in [2.05, 4.69) is 9.97 Å². The zero-order valence-corrected chi connectivity index (χ0v) is 9.65. The van der Waals surface area contributed by atoms with Gasteiger partial charge in [-0.2, -0.15) is 0 Å². The molecule has 0 aliphatic rings. The van der Waals surface area contributed by atoms with E-state index in [9.17, 15) is 5.11 Å². The lowest BCUT2D eigenvalue weighted by molar-refractivity contribution is 0.215. The van der Waals surface area contributed by atoms with Gasteiger partial charge in [-0.3, -0.25) is 9.97 Å². The van der Waals surface area contributed by atoms with Crippen molar-refractivity contribution in [3.8, 4) is 0 Å². The summed E-state index contributed by atoms with van der Waals surface area (Å²) in [5.41, 5.74) is 1.11. The van der Waals surface area contributed by atoms with Crippen molar-refractivity contribution >= 4 is 23.2 Å². The molecule has 1 aromatic heterocycles. The van der Waals surface area contributed by atoms with Gasteiger partial charge in [-0.05, 0) is 17.7 Å². The monoisotopic (exact) mass is 254 g/mol. The normalized spacial score (nSPS) is 12.4. The van der Waals surface area contributed by atoms with Crippen LogP contribution in [-0.4, -0.2) is 15.1 Å². The van der Waals surface area contributed by atoms with Crippen LogP contribution in [0.5, 0.6) is 0 Å². The van der Waals surface area contributed by atoms with Crippen molar-refractivity contribution in [2.24, 2.45) is 0 Å². The fraction of sp³-hybridized carbons (Fsp3) is 0.0909. The van der Waals surface area contributed by atoms with E-state index in [0.717, 1.165) is 0 Å². The summed E-state index contributed by atoms with van der Waals surface area (Å²) < 4.78 is 0. The van der Waals surface area contributed by atoms with Gasteiger partial charge in [0.2, 0.25) is 0 Å². The SMILES string of the molecule is OC(c1ccc(Cl)c(Cl)c1)c1cnccn1. The van der Waals surface area contributed by atoms with E-state index in [4.69, 9.17) is 23.2 Å². The number of aliphatic hydroxyl groups is 1. The maximum absolute atomic E-state index is 10.0. The fourth-order valence-corrected chi connectivity index (χ4v) is 1.61. The van der Waals surface area contributed by atoms with Gasteiger partial charge in [0.1, 0.15) is 6.10 Å². The third-order valence-corrected chi connectivity index (χ3v) is 2.86. The van der Waals surface area contributed by atoms with E-state index in [-0.39, 0.29) is 0 Å². The summed E-state index contributed by atoms with van der Waals surface area (Å²) in [6.45, 7) is 0. The van der Waals surface area contributed by atoms with Crippen LogP contribution in [0, 0.1) is 0 Å². The van der Waals surface area contributed by atoms with Crippen LogP contribution < -0.4 is 0 Å². The first-order valence-corrected chi connectivity index (χ1v) is 5.33. The Morgan fingerprint density at radius 3 is 2.56 bits per heavy atom. The van der Waals surface area contributed by atoms with Gasteiger partial charge in [-0.15, -0.1) is 0 Å². The quantitative estimate of drug-likeness (QED) is 0.897. The Bertz CT molecular complexity index is 491. The molecule has 1 aromatic carbocycles. The van der Waals surface area contributed by atoms with E-state index < -0.39 is 6.10 Å². The number of halogens is 2. The lowest BCUT2D eigenvalue weighted by Crippen LogP contribution is -2.02. The van der Waals surface area contributed by atoms with Crippen LogP contribution in [0.3, 0.4) is 0 Å². The molecule has 5 heteroatoms. The van der Waals surface area contributed by atoms with Crippen molar-refractivity contribution in [3.05, 3.63) is 58.1 Å². The highest BCUT2D eigenvalue weighted by molar-refractivity contribution is 6.42. The largest absolute Gasteiger partial charge is 0.382 e. The number of hydrogen-bond donors (Lipinski definition) is 1. The van der Waals surface area contributed by atoms with Gasteiger partial charge in [-0.25, -0.2) is 0 Å².